The van der Waals surface area contributed by atoms with Gasteiger partial charge in [0.05, 0.1) is 0 Å². The Hall–Kier alpha value is -0.350. The van der Waals surface area contributed by atoms with Gasteiger partial charge in [-0.2, -0.15) is 0 Å². The fourth-order valence-electron chi connectivity index (χ4n) is 1.03. The summed E-state index contributed by atoms with van der Waals surface area (Å²) in [7, 11) is 0. The number of amides is 1. The number of nitrogens with zero attached hydrogens (tertiary/aromatic N) is 1. The van der Waals surface area contributed by atoms with E-state index in [1.807, 2.05) is 0 Å². The molecule has 64 valence electrons. The zero-order valence-corrected chi connectivity index (χ0v) is 6.77. The van der Waals surface area contributed by atoms with Crippen molar-refractivity contribution >= 4 is 17.5 Å². The van der Waals surface area contributed by atoms with Crippen LogP contribution in [-0.2, 0) is 4.79 Å². The largest absolute Gasteiger partial charge is 0.285 e. The molecule has 0 spiro atoms. The zero-order valence-electron chi connectivity index (χ0n) is 6.02. The van der Waals surface area contributed by atoms with E-state index in [1.165, 1.54) is 0 Å². The molecule has 5 heteroatoms. The van der Waals surface area contributed by atoms with Crippen LogP contribution in [0.15, 0.2) is 0 Å². The first-order valence-electron chi connectivity index (χ1n) is 3.54. The van der Waals surface area contributed by atoms with Crippen LogP contribution in [0.4, 0.5) is 4.39 Å². The molecular weight excluding hydrogens is 171 g/mol. The number of halogens is 2. The van der Waals surface area contributed by atoms with E-state index >= 15 is 0 Å². The van der Waals surface area contributed by atoms with Crippen molar-refractivity contribution in [2.24, 2.45) is 0 Å². The third-order valence-electron chi connectivity index (χ3n) is 1.57. The Bertz CT molecular complexity index is 148. The molecule has 1 aliphatic rings. The van der Waals surface area contributed by atoms with Gasteiger partial charge in [-0.3, -0.25) is 10.2 Å². The van der Waals surface area contributed by atoms with Crippen LogP contribution in [0.25, 0.3) is 0 Å². The Morgan fingerprint density at radius 1 is 1.55 bits per heavy atom. The molecule has 1 saturated heterocycles. The second-order valence-electron chi connectivity index (χ2n) is 2.47. The fourth-order valence-corrected chi connectivity index (χ4v) is 1.08. The average Bonchev–Trinajstić information content (AvgIpc) is 2.39. The van der Waals surface area contributed by atoms with Crippen molar-refractivity contribution in [3.05, 3.63) is 0 Å². The predicted molar refractivity (Wildman–Crippen MR) is 39.7 cm³/mol. The highest BCUT2D eigenvalue weighted by Crippen LogP contribution is 2.05. The van der Waals surface area contributed by atoms with Crippen LogP contribution in [0.3, 0.4) is 0 Å². The van der Waals surface area contributed by atoms with Gasteiger partial charge in [-0.25, -0.2) is 9.40 Å². The highest BCUT2D eigenvalue weighted by Gasteiger charge is 2.18. The van der Waals surface area contributed by atoms with Crippen molar-refractivity contribution in [1.82, 2.24) is 10.4 Å². The van der Waals surface area contributed by atoms with Gasteiger partial charge in [-0.15, -0.1) is 0 Å². The number of carbonyl (C=O) groups excluding carboxylic acids is 1. The van der Waals surface area contributed by atoms with Crippen molar-refractivity contribution in [3.8, 4) is 0 Å². The van der Waals surface area contributed by atoms with Crippen LogP contribution >= 0.6 is 11.6 Å². The number of nitrogens with one attached hydrogen (secondary N) is 1. The first-order chi connectivity index (χ1) is 5.20. The summed E-state index contributed by atoms with van der Waals surface area (Å²) >= 11 is 4.90. The smallest absolute Gasteiger partial charge is 0.284 e. The predicted octanol–water partition coefficient (Wildman–Crippen LogP) is 0.648. The topological polar surface area (TPSA) is 32.3 Å². The van der Waals surface area contributed by atoms with E-state index in [-0.39, 0.29) is 0 Å². The quantitative estimate of drug-likeness (QED) is 0.633. The maximum atomic E-state index is 12.1. The molecule has 1 amide bonds. The van der Waals surface area contributed by atoms with Crippen LogP contribution < -0.4 is 5.43 Å². The van der Waals surface area contributed by atoms with Gasteiger partial charge in [0, 0.05) is 13.1 Å². The maximum Gasteiger partial charge on any atom is 0.284 e. The van der Waals surface area contributed by atoms with E-state index in [0.717, 1.165) is 25.9 Å². The summed E-state index contributed by atoms with van der Waals surface area (Å²) in [6, 6.07) is 0. The summed E-state index contributed by atoms with van der Waals surface area (Å²) in [5.41, 5.74) is 0.431. The number of hydrogen-bond donors (Lipinski definition) is 1. The molecule has 0 aromatic carbocycles. The summed E-state index contributed by atoms with van der Waals surface area (Å²) < 4.78 is 12.1. The Labute approximate surface area is 69.5 Å². The van der Waals surface area contributed by atoms with Crippen LogP contribution in [0, 0.1) is 0 Å². The van der Waals surface area contributed by atoms with Gasteiger partial charge in [-0.1, -0.05) is 11.6 Å². The lowest BCUT2D eigenvalue weighted by molar-refractivity contribution is -0.127. The van der Waals surface area contributed by atoms with E-state index in [2.05, 4.69) is 5.43 Å². The molecule has 1 rings (SSSR count). The zero-order chi connectivity index (χ0) is 8.27. The van der Waals surface area contributed by atoms with Crippen LogP contribution in [-0.4, -0.2) is 29.6 Å². The summed E-state index contributed by atoms with van der Waals surface area (Å²) in [5, 5.41) is 1.68. The van der Waals surface area contributed by atoms with E-state index in [9.17, 15) is 9.18 Å². The molecule has 0 aliphatic carbocycles. The second kappa shape index (κ2) is 3.88. The molecule has 1 N–H and O–H groups in total. The molecule has 0 bridgehead atoms. The van der Waals surface area contributed by atoms with Gasteiger partial charge in [0.2, 0.25) is 0 Å². The monoisotopic (exact) mass is 180 g/mol. The Balaban J connectivity index is 2.24. The third kappa shape index (κ3) is 2.63. The van der Waals surface area contributed by atoms with Gasteiger partial charge >= 0.3 is 0 Å². The van der Waals surface area contributed by atoms with E-state index in [0.29, 0.717) is 0 Å². The molecule has 0 radical (unpaired) electrons. The standard InChI is InChI=1S/C6H10ClFN2O/c7-5(8)6(11)9-10-3-1-2-4-10/h5H,1-4H2,(H,9,11). The Morgan fingerprint density at radius 2 is 2.09 bits per heavy atom. The number of carbonyl (C=O) groups is 1. The number of rotatable bonds is 2. The lowest BCUT2D eigenvalue weighted by Crippen LogP contribution is -2.42. The molecule has 1 heterocycles. The SMILES string of the molecule is O=C(NN1CCCC1)C(F)Cl. The minimum absolute atomic E-state index is 0.770. The van der Waals surface area contributed by atoms with Gasteiger partial charge in [0.1, 0.15) is 0 Å². The summed E-state index contributed by atoms with van der Waals surface area (Å²) in [6.07, 6.45) is 2.08. The molecule has 11 heavy (non-hydrogen) atoms. The first kappa shape index (κ1) is 8.74. The van der Waals surface area contributed by atoms with Crippen molar-refractivity contribution in [2.45, 2.75) is 18.5 Å². The molecule has 0 aromatic rings. The Morgan fingerprint density at radius 3 is 2.55 bits per heavy atom. The molecular formula is C6H10ClFN2O. The highest BCUT2D eigenvalue weighted by molar-refractivity contribution is 6.29. The minimum atomic E-state index is -1.93. The van der Waals surface area contributed by atoms with Crippen molar-refractivity contribution in [2.75, 3.05) is 13.1 Å². The van der Waals surface area contributed by atoms with Gasteiger partial charge < -0.3 is 0 Å². The van der Waals surface area contributed by atoms with E-state index in [1.54, 1.807) is 5.01 Å². The van der Waals surface area contributed by atoms with Gasteiger partial charge in [0.15, 0.2) is 0 Å². The number of hydrogen-bond acceptors (Lipinski definition) is 2. The highest BCUT2D eigenvalue weighted by atomic mass is 35.5. The normalized spacial score (nSPS) is 21.6. The van der Waals surface area contributed by atoms with E-state index in [4.69, 9.17) is 11.6 Å². The maximum absolute atomic E-state index is 12.1. The summed E-state index contributed by atoms with van der Waals surface area (Å²) in [5.74, 6) is -0.770. The van der Waals surface area contributed by atoms with Crippen molar-refractivity contribution in [3.63, 3.8) is 0 Å². The van der Waals surface area contributed by atoms with Crippen LogP contribution in [0.5, 0.6) is 0 Å². The number of alkyl halides is 2. The lowest BCUT2D eigenvalue weighted by Gasteiger charge is -2.15. The molecule has 1 unspecified atom stereocenters. The molecule has 0 aromatic heterocycles. The van der Waals surface area contributed by atoms with Crippen molar-refractivity contribution in [1.29, 1.82) is 0 Å². The van der Waals surface area contributed by atoms with E-state index < -0.39 is 11.5 Å². The van der Waals surface area contributed by atoms with Crippen LogP contribution in [0.1, 0.15) is 12.8 Å². The summed E-state index contributed by atoms with van der Waals surface area (Å²) in [6.45, 7) is 1.57. The minimum Gasteiger partial charge on any atom is -0.285 e. The molecule has 1 atom stereocenters. The van der Waals surface area contributed by atoms with Gasteiger partial charge in [-0.05, 0) is 12.8 Å². The lowest BCUT2D eigenvalue weighted by atomic mass is 10.4. The molecule has 0 saturated carbocycles. The average molecular weight is 181 g/mol. The third-order valence-corrected chi connectivity index (χ3v) is 1.77. The molecule has 1 aliphatic heterocycles. The molecule has 3 nitrogen and oxygen atoms in total. The Kier molecular flexibility index (Phi) is 3.08. The number of hydrazine groups is 1. The molecule has 1 fully saturated rings. The fraction of sp³-hybridized carbons (Fsp3) is 0.833. The summed E-state index contributed by atoms with van der Waals surface area (Å²) in [4.78, 5) is 10.6. The van der Waals surface area contributed by atoms with Crippen molar-refractivity contribution < 1.29 is 9.18 Å². The first-order valence-corrected chi connectivity index (χ1v) is 3.97. The van der Waals surface area contributed by atoms with Gasteiger partial charge in [0.25, 0.3) is 11.5 Å². The second-order valence-corrected chi connectivity index (χ2v) is 2.85. The van der Waals surface area contributed by atoms with Crippen LogP contribution in [0.2, 0.25) is 0 Å².